The second-order valence-electron chi connectivity index (χ2n) is 10.0. The van der Waals surface area contributed by atoms with Crippen molar-refractivity contribution in [2.24, 2.45) is 13.5 Å². The molecule has 11 nitrogen and oxygen atoms in total. The molecule has 0 radical (unpaired) electrons. The molecule has 15 heteroatoms. The maximum absolute atomic E-state index is 7.77. The van der Waals surface area contributed by atoms with Gasteiger partial charge in [0.15, 0.2) is 0 Å². The van der Waals surface area contributed by atoms with E-state index in [0.29, 0.717) is 39.6 Å². The summed E-state index contributed by atoms with van der Waals surface area (Å²) in [4.78, 5) is 0. The van der Waals surface area contributed by atoms with Gasteiger partial charge in [-0.25, -0.2) is 18.7 Å². The first kappa shape index (κ1) is 27.3. The Morgan fingerprint density at radius 3 is 2.00 bits per heavy atom. The third kappa shape index (κ3) is 5.68. The lowest BCUT2D eigenvalue weighted by molar-refractivity contribution is 0.0568. The summed E-state index contributed by atoms with van der Waals surface area (Å²) in [6, 6.07) is 0. The van der Waals surface area contributed by atoms with E-state index in [0.717, 1.165) is 78.2 Å². The van der Waals surface area contributed by atoms with Gasteiger partial charge in [0.1, 0.15) is 0 Å². The highest BCUT2D eigenvalue weighted by Crippen LogP contribution is 2.82. The van der Waals surface area contributed by atoms with Crippen molar-refractivity contribution < 1.29 is 14.2 Å². The molecule has 0 saturated carbocycles. The molecule has 0 aromatic rings. The number of ether oxygens (including phenoxy) is 3. The Kier molecular flexibility index (Phi) is 8.81. The first-order valence-electron chi connectivity index (χ1n) is 13.6. The highest BCUT2D eigenvalue weighted by molar-refractivity contribution is 7.96. The van der Waals surface area contributed by atoms with E-state index in [9.17, 15) is 0 Å². The van der Waals surface area contributed by atoms with E-state index in [1.165, 1.54) is 5.57 Å². The van der Waals surface area contributed by atoms with Crippen LogP contribution in [0.3, 0.4) is 0 Å². The summed E-state index contributed by atoms with van der Waals surface area (Å²) in [6.07, 6.45) is 9.90. The molecule has 1 N–H and O–H groups in total. The first-order valence-corrected chi connectivity index (χ1v) is 19.4. The molecule has 0 bridgehead atoms. The van der Waals surface area contributed by atoms with Gasteiger partial charge in [-0.15, -0.1) is 0 Å². The Hall–Kier alpha value is 0.140. The van der Waals surface area contributed by atoms with Gasteiger partial charge in [-0.1, -0.05) is 23.8 Å². The van der Waals surface area contributed by atoms with Crippen LogP contribution in [-0.2, 0) is 14.2 Å². The smallest absolute Gasteiger partial charge is 0.239 e. The molecule has 208 valence electrons. The zero-order chi connectivity index (χ0) is 25.2. The SMILES string of the molecule is ClP1(N2CCOCC2)=NP2(=NP(N3CCOCC3)(N3CCOCC3)=N1)NCCCCN2CC1=CC=CC1. The number of hydrogen-bond donors (Lipinski definition) is 1. The second-order valence-corrected chi connectivity index (χ2v) is 19.3. The van der Waals surface area contributed by atoms with Gasteiger partial charge in [-0.3, -0.25) is 5.09 Å². The molecular weight excluding hydrogens is 553 g/mol. The van der Waals surface area contributed by atoms with E-state index in [1.807, 2.05) is 0 Å². The average Bonchev–Trinajstić information content (AvgIpc) is 3.40. The number of rotatable bonds is 5. The second kappa shape index (κ2) is 11.9. The number of allylic oxidation sites excluding steroid dienone is 3. The first-order chi connectivity index (χ1) is 18.1. The summed E-state index contributed by atoms with van der Waals surface area (Å²) in [7, 11) is -5.10. The van der Waals surface area contributed by atoms with Crippen molar-refractivity contribution in [2.45, 2.75) is 19.3 Å². The molecule has 0 amide bonds. The van der Waals surface area contributed by atoms with Gasteiger partial charge in [0.2, 0.25) is 21.7 Å². The topological polar surface area (TPSA) is 89.8 Å². The fourth-order valence-corrected chi connectivity index (χ4v) is 20.9. The Balaban J connectivity index is 1.55. The van der Waals surface area contributed by atoms with Gasteiger partial charge >= 0.3 is 0 Å². The summed E-state index contributed by atoms with van der Waals surface area (Å²) in [6.45, 7) is 8.86. The van der Waals surface area contributed by atoms with Crippen molar-refractivity contribution in [3.05, 3.63) is 23.8 Å². The maximum Gasteiger partial charge on any atom is 0.239 e. The van der Waals surface area contributed by atoms with Crippen molar-refractivity contribution in [3.8, 4) is 0 Å². The van der Waals surface area contributed by atoms with E-state index >= 15 is 0 Å². The van der Waals surface area contributed by atoms with E-state index in [2.05, 4.69) is 42.0 Å². The van der Waals surface area contributed by atoms with Gasteiger partial charge in [-0.05, 0) is 30.5 Å². The van der Waals surface area contributed by atoms with Crippen molar-refractivity contribution in [1.82, 2.24) is 23.8 Å². The largest absolute Gasteiger partial charge is 0.379 e. The summed E-state index contributed by atoms with van der Waals surface area (Å²) >= 11 is 7.77. The zero-order valence-electron chi connectivity index (χ0n) is 21.5. The summed E-state index contributed by atoms with van der Waals surface area (Å²) in [5.41, 5.74) is 1.42. The third-order valence-corrected chi connectivity index (χ3v) is 20.4. The highest BCUT2D eigenvalue weighted by atomic mass is 35.7. The molecule has 2 atom stereocenters. The predicted octanol–water partition coefficient (Wildman–Crippen LogP) is 4.65. The van der Waals surface area contributed by atoms with E-state index in [-0.39, 0.29) is 0 Å². The van der Waals surface area contributed by atoms with Gasteiger partial charge in [-0.2, -0.15) is 13.5 Å². The molecule has 0 aromatic carbocycles. The number of nitrogens with zero attached hydrogens (tertiary/aromatic N) is 7. The lowest BCUT2D eigenvalue weighted by Crippen LogP contribution is -2.43. The van der Waals surface area contributed by atoms with E-state index in [4.69, 9.17) is 39.0 Å². The van der Waals surface area contributed by atoms with Gasteiger partial charge in [0.25, 0.3) is 0 Å². The van der Waals surface area contributed by atoms with Gasteiger partial charge in [0.05, 0.1) is 39.6 Å². The van der Waals surface area contributed by atoms with Crippen LogP contribution < -0.4 is 5.09 Å². The fraction of sp³-hybridized carbons (Fsp3) is 0.818. The number of halogens is 1. The van der Waals surface area contributed by atoms with Crippen LogP contribution in [0.15, 0.2) is 37.3 Å². The van der Waals surface area contributed by atoms with E-state index in [1.54, 1.807) is 0 Å². The third-order valence-electron chi connectivity index (χ3n) is 7.59. The van der Waals surface area contributed by atoms with Crippen LogP contribution in [0.5, 0.6) is 0 Å². The summed E-state index contributed by atoms with van der Waals surface area (Å²) in [5, 5.41) is 3.94. The van der Waals surface area contributed by atoms with Crippen LogP contribution in [-0.4, -0.2) is 117 Å². The molecular formula is C22H40ClN8O3P3. The molecule has 0 aromatic heterocycles. The molecule has 4 saturated heterocycles. The van der Waals surface area contributed by atoms with Crippen LogP contribution >= 0.6 is 33.0 Å². The molecule has 1 aliphatic carbocycles. The van der Waals surface area contributed by atoms with Crippen LogP contribution in [0.2, 0.25) is 0 Å². The Morgan fingerprint density at radius 2 is 1.41 bits per heavy atom. The lowest BCUT2D eigenvalue weighted by Gasteiger charge is -2.49. The number of nitrogens with one attached hydrogen (secondary N) is 1. The monoisotopic (exact) mass is 592 g/mol. The number of hydrogen-bond acceptors (Lipinski definition) is 11. The Morgan fingerprint density at radius 1 is 0.784 bits per heavy atom. The molecule has 4 fully saturated rings. The lowest BCUT2D eigenvalue weighted by atomic mass is 10.2. The predicted molar refractivity (Wildman–Crippen MR) is 152 cm³/mol. The zero-order valence-corrected chi connectivity index (χ0v) is 25.0. The number of morpholine rings is 3. The van der Waals surface area contributed by atoms with Crippen LogP contribution in [0.1, 0.15) is 19.3 Å². The molecule has 6 aliphatic rings. The standard InChI is InChI=1S/C22H40ClN8O3P3/c23-35(28-9-15-32-16-10-28)25-36(24-7-3-4-8-31(36)21-22-5-1-2-6-22)27-37(26-35,29-11-17-33-18-12-29)30-13-19-34-20-14-30/h1-2,5,24H,3-4,6-21H2. The van der Waals surface area contributed by atoms with Gasteiger partial charge in [0, 0.05) is 58.9 Å². The molecule has 1 spiro atoms. The molecule has 2 unspecified atom stereocenters. The van der Waals surface area contributed by atoms with Crippen molar-refractivity contribution in [2.75, 3.05) is 98.5 Å². The summed E-state index contributed by atoms with van der Waals surface area (Å²) < 4.78 is 44.4. The highest BCUT2D eigenvalue weighted by Gasteiger charge is 2.48. The molecule has 6 rings (SSSR count). The quantitative estimate of drug-likeness (QED) is 0.462. The molecule has 5 heterocycles. The molecule has 37 heavy (non-hydrogen) atoms. The minimum absolute atomic E-state index is 0.665. The normalized spacial score (nSPS) is 36.4. The maximum atomic E-state index is 7.77. The molecule has 5 aliphatic heterocycles. The van der Waals surface area contributed by atoms with Gasteiger partial charge < -0.3 is 14.2 Å². The minimum Gasteiger partial charge on any atom is -0.379 e. The van der Waals surface area contributed by atoms with Crippen molar-refractivity contribution in [3.63, 3.8) is 0 Å². The minimum atomic E-state index is -2.75. The Bertz CT molecular complexity index is 1050. The van der Waals surface area contributed by atoms with Crippen LogP contribution in [0.4, 0.5) is 0 Å². The summed E-state index contributed by atoms with van der Waals surface area (Å²) in [5.74, 6) is 0. The van der Waals surface area contributed by atoms with Crippen molar-refractivity contribution in [1.29, 1.82) is 0 Å². The average molecular weight is 593 g/mol. The van der Waals surface area contributed by atoms with Crippen molar-refractivity contribution >= 4 is 33.0 Å². The van der Waals surface area contributed by atoms with E-state index < -0.39 is 21.7 Å². The Labute approximate surface area is 225 Å². The fourth-order valence-electron chi connectivity index (χ4n) is 5.59. The van der Waals surface area contributed by atoms with Crippen LogP contribution in [0, 0.1) is 0 Å². The van der Waals surface area contributed by atoms with Crippen LogP contribution in [0.25, 0.3) is 0 Å².